The van der Waals surface area contributed by atoms with Crippen molar-refractivity contribution < 1.29 is 4.42 Å². The molecule has 2 aromatic heterocycles. The van der Waals surface area contributed by atoms with Crippen LogP contribution in [0.1, 0.15) is 35.8 Å². The van der Waals surface area contributed by atoms with Gasteiger partial charge in [0.2, 0.25) is 11.8 Å². The molecule has 2 aromatic rings. The van der Waals surface area contributed by atoms with Crippen LogP contribution in [-0.2, 0) is 12.2 Å². The molecule has 7 heteroatoms. The van der Waals surface area contributed by atoms with Crippen LogP contribution in [0, 0.1) is 25.2 Å². The molecular formula is C12H13N5OS. The van der Waals surface area contributed by atoms with Gasteiger partial charge < -0.3 is 4.42 Å². The molecule has 0 saturated carbocycles. The Hall–Kier alpha value is -1.94. The lowest BCUT2D eigenvalue weighted by molar-refractivity contribution is 0.470. The molecule has 0 aliphatic heterocycles. The molecule has 0 unspecified atom stereocenters. The van der Waals surface area contributed by atoms with Gasteiger partial charge in [-0.3, -0.25) is 0 Å². The van der Waals surface area contributed by atoms with Crippen molar-refractivity contribution in [3.8, 4) is 6.07 Å². The van der Waals surface area contributed by atoms with Gasteiger partial charge in [-0.15, -0.1) is 10.2 Å². The van der Waals surface area contributed by atoms with E-state index in [0.29, 0.717) is 46.1 Å². The van der Waals surface area contributed by atoms with Crippen molar-refractivity contribution in [3.63, 3.8) is 0 Å². The van der Waals surface area contributed by atoms with E-state index in [9.17, 15) is 0 Å². The summed E-state index contributed by atoms with van der Waals surface area (Å²) in [5, 5.41) is 17.6. The van der Waals surface area contributed by atoms with Crippen LogP contribution in [0.3, 0.4) is 0 Å². The van der Waals surface area contributed by atoms with Crippen molar-refractivity contribution in [2.75, 3.05) is 0 Å². The molecule has 0 radical (unpaired) electrons. The fourth-order valence-corrected chi connectivity index (χ4v) is 2.45. The minimum absolute atomic E-state index is 0.498. The van der Waals surface area contributed by atoms with Gasteiger partial charge in [-0.2, -0.15) is 5.26 Å². The Morgan fingerprint density at radius 2 is 1.95 bits per heavy atom. The largest absolute Gasteiger partial charge is 0.424 e. The lowest BCUT2D eigenvalue weighted by Crippen LogP contribution is -1.99. The lowest BCUT2D eigenvalue weighted by atomic mass is 10.3. The maximum atomic E-state index is 9.13. The molecule has 0 aliphatic rings. The van der Waals surface area contributed by atoms with Crippen LogP contribution in [-0.4, -0.2) is 20.2 Å². The molecule has 0 amide bonds. The van der Waals surface area contributed by atoms with Gasteiger partial charge in [-0.05, 0) is 13.8 Å². The van der Waals surface area contributed by atoms with Crippen molar-refractivity contribution in [1.82, 2.24) is 20.2 Å². The van der Waals surface area contributed by atoms with E-state index in [0.717, 1.165) is 0 Å². The number of hydrogen-bond acceptors (Lipinski definition) is 7. The molecule has 2 heterocycles. The van der Waals surface area contributed by atoms with Crippen molar-refractivity contribution >= 4 is 11.8 Å². The summed E-state index contributed by atoms with van der Waals surface area (Å²) in [5.74, 6) is 2.31. The molecule has 0 N–H and O–H groups in total. The molecule has 0 spiro atoms. The summed E-state index contributed by atoms with van der Waals surface area (Å²) < 4.78 is 5.42. The van der Waals surface area contributed by atoms with Crippen LogP contribution in [0.2, 0.25) is 0 Å². The highest BCUT2D eigenvalue weighted by molar-refractivity contribution is 7.98. The van der Waals surface area contributed by atoms with Gasteiger partial charge in [0.25, 0.3) is 0 Å². The third kappa shape index (κ3) is 3.09. The van der Waals surface area contributed by atoms with Gasteiger partial charge in [0.1, 0.15) is 22.5 Å². The summed E-state index contributed by atoms with van der Waals surface area (Å²) in [7, 11) is 0. The Morgan fingerprint density at radius 1 is 1.21 bits per heavy atom. The monoisotopic (exact) mass is 275 g/mol. The first kappa shape index (κ1) is 13.5. The second kappa shape index (κ2) is 5.80. The summed E-state index contributed by atoms with van der Waals surface area (Å²) in [6.45, 7) is 5.56. The molecule has 0 aliphatic carbocycles. The van der Waals surface area contributed by atoms with Gasteiger partial charge in [-0.25, -0.2) is 9.97 Å². The number of nitrogens with zero attached hydrogens (tertiary/aromatic N) is 5. The first-order valence-electron chi connectivity index (χ1n) is 5.83. The summed E-state index contributed by atoms with van der Waals surface area (Å²) in [6, 6.07) is 2.13. The Morgan fingerprint density at radius 3 is 2.58 bits per heavy atom. The fraction of sp³-hybridized carbons (Fsp3) is 0.417. The first-order valence-corrected chi connectivity index (χ1v) is 6.82. The summed E-state index contributed by atoms with van der Waals surface area (Å²) in [4.78, 5) is 8.47. The van der Waals surface area contributed by atoms with E-state index < -0.39 is 0 Å². The molecule has 98 valence electrons. The second-order valence-corrected chi connectivity index (χ2v) is 4.84. The molecule has 0 saturated heterocycles. The molecule has 0 atom stereocenters. The predicted molar refractivity (Wildman–Crippen MR) is 69.5 cm³/mol. The number of hydrogen-bond donors (Lipinski definition) is 0. The second-order valence-electron chi connectivity index (χ2n) is 3.88. The first-order chi connectivity index (χ1) is 9.13. The van der Waals surface area contributed by atoms with Crippen LogP contribution in [0.5, 0.6) is 0 Å². The highest BCUT2D eigenvalue weighted by Gasteiger charge is 2.12. The van der Waals surface area contributed by atoms with Gasteiger partial charge in [0.05, 0.1) is 11.4 Å². The molecule has 0 aromatic carbocycles. The number of aromatic nitrogens is 4. The maximum absolute atomic E-state index is 9.13. The summed E-state index contributed by atoms with van der Waals surface area (Å²) in [6.07, 6.45) is 0.715. The van der Waals surface area contributed by atoms with E-state index >= 15 is 0 Å². The van der Waals surface area contributed by atoms with Gasteiger partial charge in [-0.1, -0.05) is 18.7 Å². The van der Waals surface area contributed by atoms with Crippen LogP contribution < -0.4 is 0 Å². The summed E-state index contributed by atoms with van der Waals surface area (Å²) in [5.41, 5.74) is 1.20. The number of aryl methyl sites for hydroxylation is 3. The Bertz CT molecular complexity index is 632. The number of nitriles is 1. The molecule has 0 fully saturated rings. The zero-order valence-corrected chi connectivity index (χ0v) is 11.8. The maximum Gasteiger partial charge on any atom is 0.226 e. The Labute approximate surface area is 115 Å². The third-order valence-corrected chi connectivity index (χ3v) is 3.38. The molecule has 0 bridgehead atoms. The van der Waals surface area contributed by atoms with Gasteiger partial charge in [0.15, 0.2) is 0 Å². The average Bonchev–Trinajstić information content (AvgIpc) is 2.83. The van der Waals surface area contributed by atoms with Gasteiger partial charge in [0, 0.05) is 6.42 Å². The van der Waals surface area contributed by atoms with Crippen molar-refractivity contribution in [1.29, 1.82) is 5.26 Å². The Kier molecular flexibility index (Phi) is 4.12. The third-order valence-electron chi connectivity index (χ3n) is 2.42. The van der Waals surface area contributed by atoms with E-state index in [2.05, 4.69) is 26.2 Å². The van der Waals surface area contributed by atoms with Crippen LogP contribution >= 0.6 is 11.8 Å². The van der Waals surface area contributed by atoms with Crippen molar-refractivity contribution in [2.45, 2.75) is 38.0 Å². The number of thioether (sulfide) groups is 1. The van der Waals surface area contributed by atoms with E-state index in [1.807, 2.05) is 6.92 Å². The zero-order valence-electron chi connectivity index (χ0n) is 11.0. The zero-order chi connectivity index (χ0) is 13.8. The topological polar surface area (TPSA) is 88.5 Å². The Balaban J connectivity index is 2.17. The number of rotatable bonds is 4. The van der Waals surface area contributed by atoms with Crippen LogP contribution in [0.4, 0.5) is 0 Å². The smallest absolute Gasteiger partial charge is 0.226 e. The predicted octanol–water partition coefficient (Wildman–Crippen LogP) is 2.20. The molecular weight excluding hydrogens is 262 g/mol. The van der Waals surface area contributed by atoms with Crippen LogP contribution in [0.15, 0.2) is 9.44 Å². The lowest BCUT2D eigenvalue weighted by Gasteiger charge is -2.04. The SMILES string of the molecule is CCc1nnc(CSc2nc(C)nc(C)c2C#N)o1. The average molecular weight is 275 g/mol. The quantitative estimate of drug-likeness (QED) is 0.624. The fourth-order valence-electron chi connectivity index (χ4n) is 1.53. The van der Waals surface area contributed by atoms with Gasteiger partial charge >= 0.3 is 0 Å². The van der Waals surface area contributed by atoms with E-state index in [1.165, 1.54) is 11.8 Å². The molecule has 2 rings (SSSR count). The highest BCUT2D eigenvalue weighted by atomic mass is 32.2. The van der Waals surface area contributed by atoms with E-state index in [1.54, 1.807) is 13.8 Å². The molecule has 6 nitrogen and oxygen atoms in total. The normalized spacial score (nSPS) is 10.4. The standard InChI is InChI=1S/C12H13N5OS/c1-4-10-16-17-11(18-10)6-19-12-9(5-13)7(2)14-8(3)15-12/h4,6H2,1-3H3. The highest BCUT2D eigenvalue weighted by Crippen LogP contribution is 2.25. The van der Waals surface area contributed by atoms with Crippen molar-refractivity contribution in [2.24, 2.45) is 0 Å². The summed E-state index contributed by atoms with van der Waals surface area (Å²) >= 11 is 1.41. The van der Waals surface area contributed by atoms with E-state index in [-0.39, 0.29) is 0 Å². The van der Waals surface area contributed by atoms with Crippen molar-refractivity contribution in [3.05, 3.63) is 28.9 Å². The minimum atomic E-state index is 0.498. The minimum Gasteiger partial charge on any atom is -0.424 e. The van der Waals surface area contributed by atoms with E-state index in [4.69, 9.17) is 9.68 Å². The molecule has 19 heavy (non-hydrogen) atoms. The van der Waals surface area contributed by atoms with Crippen LogP contribution in [0.25, 0.3) is 0 Å².